The number of rotatable bonds is 18. The van der Waals surface area contributed by atoms with Gasteiger partial charge in [0.25, 0.3) is 0 Å². The van der Waals surface area contributed by atoms with E-state index in [-0.39, 0.29) is 6.61 Å². The normalized spacial score (nSPS) is 11.0. The molecular weight excluding hydrogens is 328 g/mol. The van der Waals surface area contributed by atoms with Crippen LogP contribution in [0.4, 0.5) is 0 Å². The fourth-order valence-electron chi connectivity index (χ4n) is 1.52. The summed E-state index contributed by atoms with van der Waals surface area (Å²) in [5.74, 6) is 0.150. The summed E-state index contributed by atoms with van der Waals surface area (Å²) in [6, 6.07) is 0. The monoisotopic (exact) mass is 362 g/mol. The molecule has 0 amide bonds. The van der Waals surface area contributed by atoms with Gasteiger partial charge in [-0.2, -0.15) is 0 Å². The molecule has 0 heterocycles. The Morgan fingerprint density at radius 3 is 1.44 bits per heavy atom. The van der Waals surface area contributed by atoms with Crippen LogP contribution in [0.2, 0.25) is 0 Å². The van der Waals surface area contributed by atoms with Crippen LogP contribution in [0.5, 0.6) is 0 Å². The average molecular weight is 362 g/mol. The van der Waals surface area contributed by atoms with E-state index in [1.807, 2.05) is 0 Å². The SMILES string of the molecule is C=C(C)C(=O)OCCOCCOCCOCCOCCOCC(C)C. The zero-order chi connectivity index (χ0) is 18.8. The van der Waals surface area contributed by atoms with E-state index in [0.29, 0.717) is 71.0 Å². The first-order chi connectivity index (χ1) is 12.0. The molecule has 0 atom stereocenters. The molecule has 0 aliphatic carbocycles. The van der Waals surface area contributed by atoms with Crippen molar-refractivity contribution in [3.05, 3.63) is 12.2 Å². The van der Waals surface area contributed by atoms with Gasteiger partial charge in [0.15, 0.2) is 0 Å². The van der Waals surface area contributed by atoms with E-state index in [0.717, 1.165) is 6.61 Å². The molecule has 0 aliphatic rings. The third kappa shape index (κ3) is 19.2. The van der Waals surface area contributed by atoms with Crippen molar-refractivity contribution in [1.29, 1.82) is 0 Å². The third-order valence-electron chi connectivity index (χ3n) is 2.75. The van der Waals surface area contributed by atoms with Gasteiger partial charge in [-0.25, -0.2) is 4.79 Å². The molecule has 0 radical (unpaired) electrons. The highest BCUT2D eigenvalue weighted by Crippen LogP contribution is 1.92. The van der Waals surface area contributed by atoms with E-state index >= 15 is 0 Å². The van der Waals surface area contributed by atoms with Crippen molar-refractivity contribution in [2.24, 2.45) is 5.92 Å². The van der Waals surface area contributed by atoms with Gasteiger partial charge in [-0.05, 0) is 12.8 Å². The lowest BCUT2D eigenvalue weighted by atomic mass is 10.2. The molecule has 148 valence electrons. The van der Waals surface area contributed by atoms with Gasteiger partial charge in [-0.3, -0.25) is 0 Å². The van der Waals surface area contributed by atoms with Gasteiger partial charge in [0.05, 0.1) is 59.5 Å². The maximum absolute atomic E-state index is 11.1. The quantitative estimate of drug-likeness (QED) is 0.209. The lowest BCUT2D eigenvalue weighted by Gasteiger charge is -2.09. The van der Waals surface area contributed by atoms with Gasteiger partial charge in [0, 0.05) is 12.2 Å². The first kappa shape index (κ1) is 24.0. The topological polar surface area (TPSA) is 72.5 Å². The van der Waals surface area contributed by atoms with E-state index in [9.17, 15) is 4.79 Å². The van der Waals surface area contributed by atoms with E-state index in [2.05, 4.69) is 20.4 Å². The van der Waals surface area contributed by atoms with Crippen molar-refractivity contribution >= 4 is 5.97 Å². The van der Waals surface area contributed by atoms with Gasteiger partial charge in [0.2, 0.25) is 0 Å². The summed E-state index contributed by atoms with van der Waals surface area (Å²) < 4.78 is 31.6. The summed E-state index contributed by atoms with van der Waals surface area (Å²) in [5.41, 5.74) is 0.383. The number of carbonyl (C=O) groups is 1. The molecule has 0 spiro atoms. The summed E-state index contributed by atoms with van der Waals surface area (Å²) in [6.45, 7) is 14.9. The van der Waals surface area contributed by atoms with Gasteiger partial charge in [-0.15, -0.1) is 0 Å². The molecule has 0 aliphatic heterocycles. The molecule has 0 saturated heterocycles. The van der Waals surface area contributed by atoms with Gasteiger partial charge in [-0.1, -0.05) is 20.4 Å². The van der Waals surface area contributed by atoms with E-state index in [1.165, 1.54) is 0 Å². The Bertz CT molecular complexity index is 331. The molecule has 25 heavy (non-hydrogen) atoms. The minimum absolute atomic E-state index is 0.220. The number of hydrogen-bond acceptors (Lipinski definition) is 7. The van der Waals surface area contributed by atoms with Crippen LogP contribution in [0.15, 0.2) is 12.2 Å². The van der Waals surface area contributed by atoms with Crippen molar-refractivity contribution < 1.29 is 33.2 Å². The molecule has 0 aromatic carbocycles. The van der Waals surface area contributed by atoms with Crippen molar-refractivity contribution in [2.45, 2.75) is 20.8 Å². The predicted molar refractivity (Wildman–Crippen MR) is 94.7 cm³/mol. The standard InChI is InChI=1S/C18H34O7/c1-16(2)15-24-12-11-22-8-7-20-5-6-21-9-10-23-13-14-25-18(19)17(3)4/h16H,3,5-15H2,1-2,4H3. The molecule has 0 saturated carbocycles. The van der Waals surface area contributed by atoms with Crippen LogP contribution in [0, 0.1) is 5.92 Å². The Morgan fingerprint density at radius 2 is 1.08 bits per heavy atom. The van der Waals surface area contributed by atoms with E-state index in [1.54, 1.807) is 6.92 Å². The number of carbonyl (C=O) groups excluding carboxylic acids is 1. The molecule has 0 fully saturated rings. The smallest absolute Gasteiger partial charge is 0.333 e. The second-order valence-electron chi connectivity index (χ2n) is 5.83. The zero-order valence-electron chi connectivity index (χ0n) is 15.9. The fourth-order valence-corrected chi connectivity index (χ4v) is 1.52. The summed E-state index contributed by atoms with van der Waals surface area (Å²) in [5, 5.41) is 0. The predicted octanol–water partition coefficient (Wildman–Crippen LogP) is 1.84. The molecule has 0 bridgehead atoms. The Balaban J connectivity index is 3.07. The van der Waals surface area contributed by atoms with Gasteiger partial charge in [0.1, 0.15) is 6.61 Å². The average Bonchev–Trinajstić information content (AvgIpc) is 2.57. The molecule has 0 unspecified atom stereocenters. The fraction of sp³-hybridized carbons (Fsp3) is 0.833. The van der Waals surface area contributed by atoms with Crippen LogP contribution in [0.1, 0.15) is 20.8 Å². The van der Waals surface area contributed by atoms with Crippen LogP contribution >= 0.6 is 0 Å². The van der Waals surface area contributed by atoms with Crippen molar-refractivity contribution in [2.75, 3.05) is 72.7 Å². The molecule has 0 aromatic heterocycles. The summed E-state index contributed by atoms with van der Waals surface area (Å²) in [4.78, 5) is 11.1. The first-order valence-corrected chi connectivity index (χ1v) is 8.75. The zero-order valence-corrected chi connectivity index (χ0v) is 15.9. The van der Waals surface area contributed by atoms with Crippen molar-refractivity contribution in [3.63, 3.8) is 0 Å². The lowest BCUT2D eigenvalue weighted by molar-refractivity contribution is -0.140. The third-order valence-corrected chi connectivity index (χ3v) is 2.75. The summed E-state index contributed by atoms with van der Waals surface area (Å²) in [6.07, 6.45) is 0. The van der Waals surface area contributed by atoms with Crippen LogP contribution in [0.25, 0.3) is 0 Å². The maximum Gasteiger partial charge on any atom is 0.333 e. The highest BCUT2D eigenvalue weighted by atomic mass is 16.6. The molecule has 7 heteroatoms. The van der Waals surface area contributed by atoms with Crippen LogP contribution < -0.4 is 0 Å². The summed E-state index contributed by atoms with van der Waals surface area (Å²) >= 11 is 0. The Hall–Kier alpha value is -0.990. The number of hydrogen-bond donors (Lipinski definition) is 0. The van der Waals surface area contributed by atoms with Crippen LogP contribution in [-0.2, 0) is 33.2 Å². The van der Waals surface area contributed by atoms with Crippen molar-refractivity contribution in [1.82, 2.24) is 0 Å². The van der Waals surface area contributed by atoms with Crippen molar-refractivity contribution in [3.8, 4) is 0 Å². The van der Waals surface area contributed by atoms with Crippen LogP contribution in [-0.4, -0.2) is 78.6 Å². The Morgan fingerprint density at radius 1 is 0.720 bits per heavy atom. The largest absolute Gasteiger partial charge is 0.460 e. The molecule has 0 aromatic rings. The van der Waals surface area contributed by atoms with E-state index < -0.39 is 5.97 Å². The van der Waals surface area contributed by atoms with Gasteiger partial charge >= 0.3 is 5.97 Å². The van der Waals surface area contributed by atoms with E-state index in [4.69, 9.17) is 28.4 Å². The lowest BCUT2D eigenvalue weighted by Crippen LogP contribution is -2.15. The number of esters is 1. The molecule has 7 nitrogen and oxygen atoms in total. The molecule has 0 rings (SSSR count). The highest BCUT2D eigenvalue weighted by Gasteiger charge is 2.01. The first-order valence-electron chi connectivity index (χ1n) is 8.75. The highest BCUT2D eigenvalue weighted by molar-refractivity contribution is 5.86. The second kappa shape index (κ2) is 17.8. The maximum atomic E-state index is 11.1. The van der Waals surface area contributed by atoms with Crippen LogP contribution in [0.3, 0.4) is 0 Å². The summed E-state index contributed by atoms with van der Waals surface area (Å²) in [7, 11) is 0. The van der Waals surface area contributed by atoms with Gasteiger partial charge < -0.3 is 28.4 Å². The Labute approximate surface area is 151 Å². The molecule has 0 N–H and O–H groups in total. The molecular formula is C18H34O7. The number of ether oxygens (including phenoxy) is 6. The Kier molecular flexibility index (Phi) is 17.1. The second-order valence-corrected chi connectivity index (χ2v) is 5.83. The minimum Gasteiger partial charge on any atom is -0.460 e. The minimum atomic E-state index is -0.399.